The Kier molecular flexibility index (Phi) is 3.04. The third-order valence-electron chi connectivity index (χ3n) is 3.22. The number of Topliss-reactive ketones (excluding diaryl/α,β-unsaturated/α-hetero) is 1. The average Bonchev–Trinajstić information content (AvgIpc) is 2.62. The van der Waals surface area contributed by atoms with Crippen LogP contribution in [0.3, 0.4) is 0 Å². The molecule has 0 aliphatic heterocycles. The fourth-order valence-electron chi connectivity index (χ4n) is 2.33. The lowest BCUT2D eigenvalue weighted by Crippen LogP contribution is -2.24. The molecule has 0 bridgehead atoms. The van der Waals surface area contributed by atoms with Crippen LogP contribution in [0, 0.1) is 11.8 Å². The molecule has 0 spiro atoms. The van der Waals surface area contributed by atoms with Crippen molar-refractivity contribution < 1.29 is 14.7 Å². The monoisotopic (exact) mass is 218 g/mol. The molecule has 0 amide bonds. The summed E-state index contributed by atoms with van der Waals surface area (Å²) in [6, 6.07) is 9.60. The summed E-state index contributed by atoms with van der Waals surface area (Å²) in [5, 5.41) is 9.03. The minimum Gasteiger partial charge on any atom is -0.481 e. The van der Waals surface area contributed by atoms with Crippen LogP contribution in [0.1, 0.15) is 18.4 Å². The fraction of sp³-hybridized carbons (Fsp3) is 0.385. The van der Waals surface area contributed by atoms with Gasteiger partial charge in [0.15, 0.2) is 0 Å². The van der Waals surface area contributed by atoms with Gasteiger partial charge in [-0.3, -0.25) is 9.59 Å². The Morgan fingerprint density at radius 2 is 2.00 bits per heavy atom. The summed E-state index contributed by atoms with van der Waals surface area (Å²) in [6.07, 6.45) is 1.46. The standard InChI is InChI=1S/C13H14O3/c14-12-7-6-10(13(15)16)11(12)8-9-4-2-1-3-5-9/h1-5,10-11H,6-8H2,(H,15,16)/t10-,11-/m0/s1. The zero-order chi connectivity index (χ0) is 11.5. The third-order valence-corrected chi connectivity index (χ3v) is 3.22. The molecule has 3 heteroatoms. The Morgan fingerprint density at radius 3 is 2.62 bits per heavy atom. The van der Waals surface area contributed by atoms with Crippen LogP contribution < -0.4 is 0 Å². The second-order valence-corrected chi connectivity index (χ2v) is 4.25. The summed E-state index contributed by atoms with van der Waals surface area (Å²) in [7, 11) is 0. The van der Waals surface area contributed by atoms with E-state index < -0.39 is 11.9 Å². The van der Waals surface area contributed by atoms with Crippen LogP contribution in [-0.4, -0.2) is 16.9 Å². The van der Waals surface area contributed by atoms with Crippen molar-refractivity contribution in [3.05, 3.63) is 35.9 Å². The van der Waals surface area contributed by atoms with E-state index >= 15 is 0 Å². The first-order valence-corrected chi connectivity index (χ1v) is 5.48. The van der Waals surface area contributed by atoms with Gasteiger partial charge in [-0.1, -0.05) is 30.3 Å². The lowest BCUT2D eigenvalue weighted by molar-refractivity contribution is -0.144. The number of hydrogen-bond donors (Lipinski definition) is 1. The van der Waals surface area contributed by atoms with E-state index in [1.54, 1.807) is 0 Å². The van der Waals surface area contributed by atoms with Gasteiger partial charge in [-0.15, -0.1) is 0 Å². The van der Waals surface area contributed by atoms with E-state index in [0.717, 1.165) is 5.56 Å². The first kappa shape index (κ1) is 10.9. The van der Waals surface area contributed by atoms with Gasteiger partial charge in [0.25, 0.3) is 0 Å². The van der Waals surface area contributed by atoms with E-state index in [1.165, 1.54) is 0 Å². The molecule has 0 radical (unpaired) electrons. The first-order valence-electron chi connectivity index (χ1n) is 5.48. The number of carbonyl (C=O) groups excluding carboxylic acids is 1. The van der Waals surface area contributed by atoms with E-state index in [4.69, 9.17) is 5.11 Å². The number of carboxylic acids is 1. The van der Waals surface area contributed by atoms with Crippen molar-refractivity contribution >= 4 is 11.8 Å². The van der Waals surface area contributed by atoms with Crippen molar-refractivity contribution in [3.8, 4) is 0 Å². The molecule has 3 nitrogen and oxygen atoms in total. The maximum atomic E-state index is 11.6. The van der Waals surface area contributed by atoms with Crippen LogP contribution in [-0.2, 0) is 16.0 Å². The summed E-state index contributed by atoms with van der Waals surface area (Å²) < 4.78 is 0. The van der Waals surface area contributed by atoms with Crippen LogP contribution >= 0.6 is 0 Å². The SMILES string of the molecule is O=C(O)[C@H]1CCC(=O)[C@H]1Cc1ccccc1. The molecule has 1 saturated carbocycles. The summed E-state index contributed by atoms with van der Waals surface area (Å²) in [4.78, 5) is 22.6. The van der Waals surface area contributed by atoms with Crippen molar-refractivity contribution in [1.29, 1.82) is 0 Å². The number of ketones is 1. The highest BCUT2D eigenvalue weighted by molar-refractivity contribution is 5.89. The summed E-state index contributed by atoms with van der Waals surface area (Å²) in [6.45, 7) is 0. The van der Waals surface area contributed by atoms with Gasteiger partial charge < -0.3 is 5.11 Å². The Hall–Kier alpha value is -1.64. The highest BCUT2D eigenvalue weighted by atomic mass is 16.4. The van der Waals surface area contributed by atoms with Gasteiger partial charge in [0.2, 0.25) is 0 Å². The molecule has 1 aromatic rings. The maximum Gasteiger partial charge on any atom is 0.307 e. The summed E-state index contributed by atoms with van der Waals surface area (Å²) in [5.74, 6) is -1.57. The molecule has 2 rings (SSSR count). The van der Waals surface area contributed by atoms with E-state index in [1.807, 2.05) is 30.3 Å². The normalized spacial score (nSPS) is 24.6. The van der Waals surface area contributed by atoms with Crippen LogP contribution in [0.4, 0.5) is 0 Å². The van der Waals surface area contributed by atoms with Crippen molar-refractivity contribution in [1.82, 2.24) is 0 Å². The van der Waals surface area contributed by atoms with E-state index in [9.17, 15) is 9.59 Å². The van der Waals surface area contributed by atoms with Crippen molar-refractivity contribution in [2.45, 2.75) is 19.3 Å². The largest absolute Gasteiger partial charge is 0.481 e. The summed E-state index contributed by atoms with van der Waals surface area (Å²) >= 11 is 0. The molecule has 1 aliphatic rings. The molecular formula is C13H14O3. The number of aliphatic carboxylic acids is 1. The summed E-state index contributed by atoms with van der Waals surface area (Å²) in [5.41, 5.74) is 1.04. The molecular weight excluding hydrogens is 204 g/mol. The molecule has 1 aliphatic carbocycles. The second kappa shape index (κ2) is 4.47. The molecule has 1 fully saturated rings. The number of carbonyl (C=O) groups is 2. The van der Waals surface area contributed by atoms with E-state index in [-0.39, 0.29) is 11.7 Å². The van der Waals surface area contributed by atoms with Crippen LogP contribution in [0.15, 0.2) is 30.3 Å². The molecule has 0 saturated heterocycles. The Morgan fingerprint density at radius 1 is 1.31 bits per heavy atom. The smallest absolute Gasteiger partial charge is 0.307 e. The third kappa shape index (κ3) is 2.13. The van der Waals surface area contributed by atoms with Gasteiger partial charge in [-0.2, -0.15) is 0 Å². The minimum absolute atomic E-state index is 0.0938. The maximum absolute atomic E-state index is 11.6. The molecule has 0 heterocycles. The predicted octanol–water partition coefficient (Wildman–Crippen LogP) is 1.91. The minimum atomic E-state index is -0.841. The molecule has 1 N–H and O–H groups in total. The van der Waals surface area contributed by atoms with Gasteiger partial charge in [0.1, 0.15) is 5.78 Å². The van der Waals surface area contributed by atoms with Gasteiger partial charge in [-0.25, -0.2) is 0 Å². The second-order valence-electron chi connectivity index (χ2n) is 4.25. The molecule has 16 heavy (non-hydrogen) atoms. The molecule has 0 aromatic heterocycles. The Labute approximate surface area is 94.1 Å². The zero-order valence-corrected chi connectivity index (χ0v) is 8.93. The molecule has 0 unspecified atom stereocenters. The van der Waals surface area contributed by atoms with Crippen molar-refractivity contribution in [3.63, 3.8) is 0 Å². The number of hydrogen-bond acceptors (Lipinski definition) is 2. The fourth-order valence-corrected chi connectivity index (χ4v) is 2.33. The van der Waals surface area contributed by atoms with Crippen molar-refractivity contribution in [2.75, 3.05) is 0 Å². The number of carboxylic acid groups (broad SMARTS) is 1. The number of benzene rings is 1. The van der Waals surface area contributed by atoms with Crippen LogP contribution in [0.2, 0.25) is 0 Å². The van der Waals surface area contributed by atoms with Gasteiger partial charge in [0, 0.05) is 12.3 Å². The van der Waals surface area contributed by atoms with Gasteiger partial charge >= 0.3 is 5.97 Å². The highest BCUT2D eigenvalue weighted by Gasteiger charge is 2.38. The number of rotatable bonds is 3. The quantitative estimate of drug-likeness (QED) is 0.843. The van der Waals surface area contributed by atoms with Gasteiger partial charge in [0.05, 0.1) is 5.92 Å². The Bertz CT molecular complexity index is 397. The molecule has 1 aromatic carbocycles. The molecule has 84 valence electrons. The first-order chi connectivity index (χ1) is 7.68. The van der Waals surface area contributed by atoms with Crippen LogP contribution in [0.25, 0.3) is 0 Å². The van der Waals surface area contributed by atoms with Crippen molar-refractivity contribution in [2.24, 2.45) is 11.8 Å². The lowest BCUT2D eigenvalue weighted by atomic mass is 9.89. The molecule has 2 atom stereocenters. The van der Waals surface area contributed by atoms with Gasteiger partial charge in [-0.05, 0) is 18.4 Å². The van der Waals surface area contributed by atoms with E-state index in [0.29, 0.717) is 19.3 Å². The Balaban J connectivity index is 2.13. The predicted molar refractivity (Wildman–Crippen MR) is 59.0 cm³/mol. The highest BCUT2D eigenvalue weighted by Crippen LogP contribution is 2.31. The zero-order valence-electron chi connectivity index (χ0n) is 8.93. The van der Waals surface area contributed by atoms with Crippen LogP contribution in [0.5, 0.6) is 0 Å². The van der Waals surface area contributed by atoms with E-state index in [2.05, 4.69) is 0 Å². The lowest BCUT2D eigenvalue weighted by Gasteiger charge is -2.14. The topological polar surface area (TPSA) is 54.4 Å². The average molecular weight is 218 g/mol.